The van der Waals surface area contributed by atoms with Crippen LogP contribution in [0.4, 0.5) is 5.82 Å². The highest BCUT2D eigenvalue weighted by Crippen LogP contribution is 2.13. The molecule has 0 radical (unpaired) electrons. The van der Waals surface area contributed by atoms with Gasteiger partial charge >= 0.3 is 0 Å². The summed E-state index contributed by atoms with van der Waals surface area (Å²) in [5, 5.41) is 9.52. The lowest BCUT2D eigenvalue weighted by Gasteiger charge is -2.04. The molecule has 1 amide bonds. The van der Waals surface area contributed by atoms with Gasteiger partial charge in [0.05, 0.1) is 6.20 Å². The Balaban J connectivity index is 2.14. The van der Waals surface area contributed by atoms with Gasteiger partial charge in [0, 0.05) is 11.1 Å². The van der Waals surface area contributed by atoms with Gasteiger partial charge in [-0.05, 0) is 25.5 Å². The molecule has 2 rings (SSSR count). The van der Waals surface area contributed by atoms with Crippen molar-refractivity contribution in [1.29, 1.82) is 0 Å². The Labute approximate surface area is 100 Å². The molecule has 0 spiro atoms. The van der Waals surface area contributed by atoms with Gasteiger partial charge in [0.2, 0.25) is 0 Å². The van der Waals surface area contributed by atoms with Crippen LogP contribution in [0.5, 0.6) is 0 Å². The van der Waals surface area contributed by atoms with Crippen molar-refractivity contribution in [2.75, 3.05) is 5.32 Å². The molecule has 2 N–H and O–H groups in total. The molecule has 1 aromatic carbocycles. The average molecular weight is 229 g/mol. The molecular formula is C13H15N3O. The number of carbonyl (C=O) groups excluding carboxylic acids is 1. The van der Waals surface area contributed by atoms with E-state index in [1.165, 1.54) is 0 Å². The molecule has 0 aliphatic carbocycles. The van der Waals surface area contributed by atoms with E-state index in [0.717, 1.165) is 17.5 Å². The van der Waals surface area contributed by atoms with E-state index < -0.39 is 0 Å². The first kappa shape index (κ1) is 11.4. The second-order valence-corrected chi connectivity index (χ2v) is 3.94. The predicted octanol–water partition coefficient (Wildman–Crippen LogP) is 2.53. The van der Waals surface area contributed by atoms with E-state index in [9.17, 15) is 4.79 Å². The minimum absolute atomic E-state index is 0.121. The van der Waals surface area contributed by atoms with Crippen LogP contribution in [0.25, 0.3) is 0 Å². The van der Waals surface area contributed by atoms with Crippen molar-refractivity contribution in [2.24, 2.45) is 0 Å². The molecule has 0 saturated heterocycles. The summed E-state index contributed by atoms with van der Waals surface area (Å²) in [6, 6.07) is 7.46. The summed E-state index contributed by atoms with van der Waals surface area (Å²) in [5.74, 6) is 0.557. The van der Waals surface area contributed by atoms with Gasteiger partial charge in [-0.25, -0.2) is 0 Å². The third kappa shape index (κ3) is 2.53. The van der Waals surface area contributed by atoms with E-state index in [-0.39, 0.29) is 5.91 Å². The maximum Gasteiger partial charge on any atom is 0.256 e. The lowest BCUT2D eigenvalue weighted by Crippen LogP contribution is -2.13. The van der Waals surface area contributed by atoms with Crippen molar-refractivity contribution in [2.45, 2.75) is 20.3 Å². The zero-order chi connectivity index (χ0) is 12.3. The average Bonchev–Trinajstić information content (AvgIpc) is 2.77. The molecule has 0 bridgehead atoms. The number of aromatic nitrogens is 2. The standard InChI is InChI=1S/C13H15N3O/c1-3-10-8-14-16-12(10)15-13(17)11-6-4-9(2)5-7-11/h4-8H,3H2,1-2H3,(H2,14,15,16,17). The van der Waals surface area contributed by atoms with Gasteiger partial charge in [-0.3, -0.25) is 9.89 Å². The molecule has 4 heteroatoms. The fourth-order valence-electron chi connectivity index (χ4n) is 1.58. The molecule has 0 fully saturated rings. The molecule has 1 aromatic heterocycles. The lowest BCUT2D eigenvalue weighted by atomic mass is 10.1. The second-order valence-electron chi connectivity index (χ2n) is 3.94. The van der Waals surface area contributed by atoms with Gasteiger partial charge in [0.15, 0.2) is 0 Å². The molecule has 1 heterocycles. The number of aryl methyl sites for hydroxylation is 2. The summed E-state index contributed by atoms with van der Waals surface area (Å²) in [6.45, 7) is 4.01. The monoisotopic (exact) mass is 229 g/mol. The topological polar surface area (TPSA) is 57.8 Å². The molecule has 88 valence electrons. The summed E-state index contributed by atoms with van der Waals surface area (Å²) in [5.41, 5.74) is 2.79. The summed E-state index contributed by atoms with van der Waals surface area (Å²) in [4.78, 5) is 11.9. The first-order valence-corrected chi connectivity index (χ1v) is 5.61. The fourth-order valence-corrected chi connectivity index (χ4v) is 1.58. The highest BCUT2D eigenvalue weighted by molar-refractivity contribution is 6.04. The van der Waals surface area contributed by atoms with Crippen LogP contribution in [0.15, 0.2) is 30.5 Å². The number of nitrogens with zero attached hydrogens (tertiary/aromatic N) is 1. The predicted molar refractivity (Wildman–Crippen MR) is 67.1 cm³/mol. The van der Waals surface area contributed by atoms with Gasteiger partial charge in [-0.15, -0.1) is 0 Å². The number of hydrogen-bond donors (Lipinski definition) is 2. The molecule has 0 atom stereocenters. The highest BCUT2D eigenvalue weighted by atomic mass is 16.1. The van der Waals surface area contributed by atoms with Gasteiger partial charge in [0.25, 0.3) is 5.91 Å². The summed E-state index contributed by atoms with van der Waals surface area (Å²) in [7, 11) is 0. The van der Waals surface area contributed by atoms with Crippen molar-refractivity contribution < 1.29 is 4.79 Å². The van der Waals surface area contributed by atoms with Gasteiger partial charge in [-0.2, -0.15) is 5.10 Å². The van der Waals surface area contributed by atoms with Crippen LogP contribution in [0.3, 0.4) is 0 Å². The Hall–Kier alpha value is -2.10. The van der Waals surface area contributed by atoms with E-state index in [1.54, 1.807) is 6.20 Å². The first-order chi connectivity index (χ1) is 8.20. The molecule has 0 aliphatic rings. The minimum Gasteiger partial charge on any atom is -0.307 e. The fraction of sp³-hybridized carbons (Fsp3) is 0.231. The van der Waals surface area contributed by atoms with E-state index in [2.05, 4.69) is 15.5 Å². The first-order valence-electron chi connectivity index (χ1n) is 5.61. The van der Waals surface area contributed by atoms with Crippen LogP contribution in [0.2, 0.25) is 0 Å². The van der Waals surface area contributed by atoms with Crippen LogP contribution in [-0.4, -0.2) is 16.1 Å². The van der Waals surface area contributed by atoms with E-state index in [4.69, 9.17) is 0 Å². The number of hydrogen-bond acceptors (Lipinski definition) is 2. The van der Waals surface area contributed by atoms with E-state index in [0.29, 0.717) is 11.4 Å². The van der Waals surface area contributed by atoms with E-state index in [1.807, 2.05) is 38.1 Å². The van der Waals surface area contributed by atoms with Gasteiger partial charge in [0.1, 0.15) is 5.82 Å². The molecule has 17 heavy (non-hydrogen) atoms. The Morgan fingerprint density at radius 1 is 1.35 bits per heavy atom. The second kappa shape index (κ2) is 4.82. The third-order valence-electron chi connectivity index (χ3n) is 2.65. The maximum atomic E-state index is 11.9. The Kier molecular flexibility index (Phi) is 3.23. The minimum atomic E-state index is -0.121. The quantitative estimate of drug-likeness (QED) is 0.849. The summed E-state index contributed by atoms with van der Waals surface area (Å²) < 4.78 is 0. The third-order valence-corrected chi connectivity index (χ3v) is 2.65. The van der Waals surface area contributed by atoms with Gasteiger partial charge < -0.3 is 5.32 Å². The number of rotatable bonds is 3. The number of amides is 1. The van der Waals surface area contributed by atoms with E-state index >= 15 is 0 Å². The zero-order valence-electron chi connectivity index (χ0n) is 9.95. The van der Waals surface area contributed by atoms with Crippen LogP contribution in [0, 0.1) is 6.92 Å². The SMILES string of the molecule is CCc1cn[nH]c1NC(=O)c1ccc(C)cc1. The number of anilines is 1. The number of carbonyl (C=O) groups is 1. The van der Waals surface area contributed by atoms with Crippen molar-refractivity contribution in [3.8, 4) is 0 Å². The molecule has 0 aliphatic heterocycles. The number of nitrogens with one attached hydrogen (secondary N) is 2. The van der Waals surface area contributed by atoms with Crippen molar-refractivity contribution >= 4 is 11.7 Å². The van der Waals surface area contributed by atoms with Crippen molar-refractivity contribution in [3.05, 3.63) is 47.2 Å². The number of aromatic amines is 1. The largest absolute Gasteiger partial charge is 0.307 e. The zero-order valence-corrected chi connectivity index (χ0v) is 9.95. The van der Waals surface area contributed by atoms with Crippen LogP contribution >= 0.6 is 0 Å². The molecule has 0 unspecified atom stereocenters. The van der Waals surface area contributed by atoms with Crippen molar-refractivity contribution in [1.82, 2.24) is 10.2 Å². The highest BCUT2D eigenvalue weighted by Gasteiger charge is 2.09. The lowest BCUT2D eigenvalue weighted by molar-refractivity contribution is 0.102. The summed E-state index contributed by atoms with van der Waals surface area (Å²) >= 11 is 0. The molecule has 0 saturated carbocycles. The Morgan fingerprint density at radius 3 is 2.71 bits per heavy atom. The number of H-pyrrole nitrogens is 1. The maximum absolute atomic E-state index is 11.9. The van der Waals surface area contributed by atoms with Crippen LogP contribution in [0.1, 0.15) is 28.4 Å². The normalized spacial score (nSPS) is 10.2. The number of benzene rings is 1. The van der Waals surface area contributed by atoms with Gasteiger partial charge in [-0.1, -0.05) is 24.6 Å². The smallest absolute Gasteiger partial charge is 0.256 e. The molecular weight excluding hydrogens is 214 g/mol. The Bertz CT molecular complexity index is 514. The summed E-state index contributed by atoms with van der Waals surface area (Å²) in [6.07, 6.45) is 2.56. The van der Waals surface area contributed by atoms with Crippen LogP contribution in [-0.2, 0) is 6.42 Å². The van der Waals surface area contributed by atoms with Crippen LogP contribution < -0.4 is 5.32 Å². The molecule has 4 nitrogen and oxygen atoms in total. The van der Waals surface area contributed by atoms with Crippen molar-refractivity contribution in [3.63, 3.8) is 0 Å². The Morgan fingerprint density at radius 2 is 2.06 bits per heavy atom. The molecule has 2 aromatic rings.